The molecule has 6 rings (SSSR count). The lowest BCUT2D eigenvalue weighted by Crippen LogP contribution is -2.30. The summed E-state index contributed by atoms with van der Waals surface area (Å²) in [5.74, 6) is 0. The third-order valence-corrected chi connectivity index (χ3v) is 10.2. The van der Waals surface area contributed by atoms with Crippen molar-refractivity contribution in [2.75, 3.05) is 9.80 Å². The molecule has 5 aromatic rings. The number of aryl methyl sites for hydroxylation is 3. The third kappa shape index (κ3) is 7.50. The molecule has 0 N–H and O–H groups in total. The standard InChI is InChI=1S/C47H50N2/c1-7-35(2)11-18-39(6)48(42-23-12-36(3)13-24-42)43-29-19-40(20-30-43)47(33-9-8-10-34-47)41-21-31-46(32-22-41)49(44-25-14-37(4)15-26-44)45-27-16-38(5)17-28-45/h7,11-32H,6,8-10,33-34H2,1-5H3/b18-11-,35-7-. The average molecular weight is 643 g/mol. The van der Waals surface area contributed by atoms with Gasteiger partial charge < -0.3 is 9.80 Å². The maximum Gasteiger partial charge on any atom is 0.0461 e. The van der Waals surface area contributed by atoms with Gasteiger partial charge in [-0.25, -0.2) is 0 Å². The van der Waals surface area contributed by atoms with Gasteiger partial charge in [0.1, 0.15) is 0 Å². The van der Waals surface area contributed by atoms with Crippen LogP contribution < -0.4 is 9.80 Å². The second-order valence-corrected chi connectivity index (χ2v) is 13.8. The summed E-state index contributed by atoms with van der Waals surface area (Å²) in [5, 5.41) is 0. The Bertz CT molecular complexity index is 1860. The van der Waals surface area contributed by atoms with Crippen LogP contribution in [0.25, 0.3) is 0 Å². The summed E-state index contributed by atoms with van der Waals surface area (Å²) >= 11 is 0. The third-order valence-electron chi connectivity index (χ3n) is 10.2. The molecule has 0 amide bonds. The molecule has 2 nitrogen and oxygen atoms in total. The lowest BCUT2D eigenvalue weighted by Gasteiger charge is -2.39. The van der Waals surface area contributed by atoms with E-state index >= 15 is 0 Å². The zero-order valence-electron chi connectivity index (χ0n) is 29.9. The molecule has 1 saturated carbocycles. The first-order valence-electron chi connectivity index (χ1n) is 17.8. The average Bonchev–Trinajstić information content (AvgIpc) is 3.14. The predicted molar refractivity (Wildman–Crippen MR) is 212 cm³/mol. The van der Waals surface area contributed by atoms with Gasteiger partial charge in [-0.1, -0.05) is 121 Å². The summed E-state index contributed by atoms with van der Waals surface area (Å²) in [4.78, 5) is 4.62. The van der Waals surface area contributed by atoms with Crippen molar-refractivity contribution in [2.24, 2.45) is 0 Å². The van der Waals surface area contributed by atoms with E-state index in [1.54, 1.807) is 0 Å². The Kier molecular flexibility index (Phi) is 10.3. The molecule has 5 aromatic carbocycles. The number of rotatable bonds is 10. The SMILES string of the molecule is C=C(/C=C\C(C)=C/C)N(c1ccc(C)cc1)c1ccc(C2(c3ccc(N(c4ccc(C)cc4)c4ccc(C)cc4)cc3)CCCCC2)cc1. The quantitative estimate of drug-likeness (QED) is 0.140. The lowest BCUT2D eigenvalue weighted by molar-refractivity contribution is 0.346. The van der Waals surface area contributed by atoms with E-state index in [2.05, 4.69) is 191 Å². The van der Waals surface area contributed by atoms with Crippen molar-refractivity contribution in [1.82, 2.24) is 0 Å². The maximum absolute atomic E-state index is 4.49. The molecule has 0 spiro atoms. The largest absolute Gasteiger partial charge is 0.311 e. The van der Waals surface area contributed by atoms with Crippen molar-refractivity contribution in [3.05, 3.63) is 185 Å². The van der Waals surface area contributed by atoms with Gasteiger partial charge in [0.2, 0.25) is 0 Å². The van der Waals surface area contributed by atoms with Gasteiger partial charge in [0, 0.05) is 39.5 Å². The van der Waals surface area contributed by atoms with Crippen LogP contribution >= 0.6 is 0 Å². The Labute approximate surface area is 294 Å². The van der Waals surface area contributed by atoms with E-state index in [4.69, 9.17) is 0 Å². The Hall–Kier alpha value is -5.08. The lowest BCUT2D eigenvalue weighted by atomic mass is 9.65. The fraction of sp³-hybridized carbons (Fsp3) is 0.234. The highest BCUT2D eigenvalue weighted by molar-refractivity contribution is 5.77. The van der Waals surface area contributed by atoms with E-state index < -0.39 is 0 Å². The van der Waals surface area contributed by atoms with Crippen molar-refractivity contribution in [2.45, 2.75) is 72.1 Å². The molecule has 49 heavy (non-hydrogen) atoms. The minimum absolute atomic E-state index is 0.0114. The number of hydrogen-bond acceptors (Lipinski definition) is 2. The predicted octanol–water partition coefficient (Wildman–Crippen LogP) is 13.5. The summed E-state index contributed by atoms with van der Waals surface area (Å²) in [7, 11) is 0. The molecule has 0 radical (unpaired) electrons. The molecule has 0 atom stereocenters. The molecule has 0 aliphatic heterocycles. The number of allylic oxidation sites excluding steroid dienone is 4. The molecule has 1 aliphatic rings. The zero-order chi connectivity index (χ0) is 34.4. The Morgan fingerprint density at radius 1 is 0.531 bits per heavy atom. The maximum atomic E-state index is 4.49. The summed E-state index contributed by atoms with van der Waals surface area (Å²) in [6.45, 7) is 15.1. The molecule has 0 aromatic heterocycles. The highest BCUT2D eigenvalue weighted by Crippen LogP contribution is 2.47. The minimum atomic E-state index is -0.0114. The fourth-order valence-electron chi connectivity index (χ4n) is 7.17. The van der Waals surface area contributed by atoms with Crippen LogP contribution in [-0.4, -0.2) is 0 Å². The highest BCUT2D eigenvalue weighted by Gasteiger charge is 2.36. The molecule has 2 heteroatoms. The topological polar surface area (TPSA) is 6.48 Å². The first-order chi connectivity index (χ1) is 23.8. The summed E-state index contributed by atoms with van der Waals surface area (Å²) in [6.07, 6.45) is 12.5. The van der Waals surface area contributed by atoms with Gasteiger partial charge in [-0.3, -0.25) is 0 Å². The van der Waals surface area contributed by atoms with Crippen molar-refractivity contribution in [3.8, 4) is 0 Å². The van der Waals surface area contributed by atoms with E-state index in [0.717, 1.165) is 29.9 Å². The molecule has 1 aliphatic carbocycles. The van der Waals surface area contributed by atoms with Crippen LogP contribution in [0, 0.1) is 20.8 Å². The second kappa shape index (κ2) is 15.0. The van der Waals surface area contributed by atoms with Crippen LogP contribution in [0.2, 0.25) is 0 Å². The summed E-state index contributed by atoms with van der Waals surface area (Å²) in [5.41, 5.74) is 14.5. The second-order valence-electron chi connectivity index (χ2n) is 13.8. The summed E-state index contributed by atoms with van der Waals surface area (Å²) in [6, 6.07) is 45.1. The Morgan fingerprint density at radius 2 is 0.898 bits per heavy atom. The molecule has 0 unspecified atom stereocenters. The van der Waals surface area contributed by atoms with Gasteiger partial charge in [-0.05, 0) is 125 Å². The zero-order valence-corrected chi connectivity index (χ0v) is 29.9. The molecule has 248 valence electrons. The normalized spacial score (nSPS) is 14.5. The number of nitrogens with zero attached hydrogens (tertiary/aromatic N) is 2. The molecule has 0 bridgehead atoms. The van der Waals surface area contributed by atoms with Crippen molar-refractivity contribution in [1.29, 1.82) is 0 Å². The van der Waals surface area contributed by atoms with Crippen molar-refractivity contribution in [3.63, 3.8) is 0 Å². The van der Waals surface area contributed by atoms with Gasteiger partial charge in [0.15, 0.2) is 0 Å². The first kappa shape index (κ1) is 33.8. The van der Waals surface area contributed by atoms with Crippen molar-refractivity contribution >= 4 is 28.4 Å². The highest BCUT2D eigenvalue weighted by atomic mass is 15.1. The van der Waals surface area contributed by atoms with Crippen LogP contribution in [0.1, 0.15) is 73.8 Å². The smallest absolute Gasteiger partial charge is 0.0461 e. The van der Waals surface area contributed by atoms with E-state index in [0.29, 0.717) is 0 Å². The van der Waals surface area contributed by atoms with E-state index in [9.17, 15) is 0 Å². The molecular weight excluding hydrogens is 593 g/mol. The minimum Gasteiger partial charge on any atom is -0.311 e. The number of hydrogen-bond donors (Lipinski definition) is 0. The van der Waals surface area contributed by atoms with E-state index in [1.165, 1.54) is 69.7 Å². The van der Waals surface area contributed by atoms with Gasteiger partial charge in [0.25, 0.3) is 0 Å². The van der Waals surface area contributed by atoms with Crippen LogP contribution in [-0.2, 0) is 5.41 Å². The van der Waals surface area contributed by atoms with Gasteiger partial charge in [-0.2, -0.15) is 0 Å². The molecular formula is C47H50N2. The fourth-order valence-corrected chi connectivity index (χ4v) is 7.17. The van der Waals surface area contributed by atoms with Crippen molar-refractivity contribution < 1.29 is 0 Å². The number of benzene rings is 5. The van der Waals surface area contributed by atoms with Crippen LogP contribution in [0.4, 0.5) is 28.4 Å². The summed E-state index contributed by atoms with van der Waals surface area (Å²) < 4.78 is 0. The van der Waals surface area contributed by atoms with Crippen LogP contribution in [0.3, 0.4) is 0 Å². The van der Waals surface area contributed by atoms with Crippen LogP contribution in [0.5, 0.6) is 0 Å². The first-order valence-corrected chi connectivity index (χ1v) is 17.8. The Morgan fingerprint density at radius 3 is 1.31 bits per heavy atom. The number of anilines is 5. The molecule has 1 fully saturated rings. The van der Waals surface area contributed by atoms with Gasteiger partial charge >= 0.3 is 0 Å². The Balaban J connectivity index is 1.36. The van der Waals surface area contributed by atoms with Gasteiger partial charge in [0.05, 0.1) is 0 Å². The van der Waals surface area contributed by atoms with Crippen LogP contribution in [0.15, 0.2) is 157 Å². The van der Waals surface area contributed by atoms with Gasteiger partial charge in [-0.15, -0.1) is 0 Å². The molecule has 0 saturated heterocycles. The monoisotopic (exact) mass is 642 g/mol. The van der Waals surface area contributed by atoms with E-state index in [-0.39, 0.29) is 5.41 Å². The molecule has 0 heterocycles. The van der Waals surface area contributed by atoms with E-state index in [1.807, 2.05) is 0 Å².